The van der Waals surface area contributed by atoms with Crippen LogP contribution >= 0.6 is 15.9 Å². The molecule has 14 heavy (non-hydrogen) atoms. The standard InChI is InChI=1S/C10H12BrNO2/c1-6-4-8(14-10(13)12-3)5-7(2)9(6)11/h4-5H,1-3H3,(H,12,13). The molecule has 1 N–H and O–H groups in total. The lowest BCUT2D eigenvalue weighted by Gasteiger charge is -2.07. The van der Waals surface area contributed by atoms with Gasteiger partial charge in [-0.15, -0.1) is 0 Å². The maximum atomic E-state index is 10.9. The molecule has 1 aromatic rings. The average Bonchev–Trinajstić information content (AvgIpc) is 2.14. The number of nitrogens with one attached hydrogen (secondary N) is 1. The van der Waals surface area contributed by atoms with E-state index in [-0.39, 0.29) is 0 Å². The molecular formula is C10H12BrNO2. The van der Waals surface area contributed by atoms with Crippen molar-refractivity contribution in [3.05, 3.63) is 27.7 Å². The third-order valence-electron chi connectivity index (χ3n) is 1.82. The van der Waals surface area contributed by atoms with Crippen LogP contribution in [0.15, 0.2) is 16.6 Å². The lowest BCUT2D eigenvalue weighted by Crippen LogP contribution is -2.22. The fourth-order valence-corrected chi connectivity index (χ4v) is 1.35. The molecule has 0 aliphatic heterocycles. The molecule has 0 saturated heterocycles. The van der Waals surface area contributed by atoms with Gasteiger partial charge >= 0.3 is 6.09 Å². The van der Waals surface area contributed by atoms with Crippen LogP contribution in [0.5, 0.6) is 5.75 Å². The van der Waals surface area contributed by atoms with E-state index in [4.69, 9.17) is 4.74 Å². The molecule has 0 unspecified atom stereocenters. The van der Waals surface area contributed by atoms with Gasteiger partial charge in [0, 0.05) is 11.5 Å². The average molecular weight is 258 g/mol. The Morgan fingerprint density at radius 3 is 2.29 bits per heavy atom. The highest BCUT2D eigenvalue weighted by Gasteiger charge is 2.05. The Kier molecular flexibility index (Phi) is 3.52. The first-order chi connectivity index (χ1) is 6.54. The predicted octanol–water partition coefficient (Wildman–Crippen LogP) is 2.78. The number of aryl methyl sites for hydroxylation is 2. The molecule has 4 heteroatoms. The number of rotatable bonds is 1. The Bertz CT molecular complexity index is 340. The number of hydrogen-bond acceptors (Lipinski definition) is 2. The molecular weight excluding hydrogens is 246 g/mol. The summed E-state index contributed by atoms with van der Waals surface area (Å²) in [5.41, 5.74) is 2.09. The summed E-state index contributed by atoms with van der Waals surface area (Å²) in [6.45, 7) is 3.90. The summed E-state index contributed by atoms with van der Waals surface area (Å²) in [6.07, 6.45) is -0.453. The van der Waals surface area contributed by atoms with Gasteiger partial charge in [-0.3, -0.25) is 0 Å². The van der Waals surface area contributed by atoms with Gasteiger partial charge in [-0.05, 0) is 37.1 Å². The minimum absolute atomic E-state index is 0.453. The van der Waals surface area contributed by atoms with Gasteiger partial charge in [0.1, 0.15) is 5.75 Å². The summed E-state index contributed by atoms with van der Waals surface area (Å²) in [5.74, 6) is 0.558. The number of hydrogen-bond donors (Lipinski definition) is 1. The Morgan fingerprint density at radius 1 is 1.36 bits per heavy atom. The number of benzene rings is 1. The Labute approximate surface area is 91.6 Å². The van der Waals surface area contributed by atoms with E-state index in [2.05, 4.69) is 21.2 Å². The van der Waals surface area contributed by atoms with E-state index in [9.17, 15) is 4.79 Å². The summed E-state index contributed by atoms with van der Waals surface area (Å²) >= 11 is 3.44. The predicted molar refractivity (Wildman–Crippen MR) is 58.7 cm³/mol. The Balaban J connectivity index is 2.95. The van der Waals surface area contributed by atoms with Crippen LogP contribution in [0, 0.1) is 13.8 Å². The highest BCUT2D eigenvalue weighted by atomic mass is 79.9. The van der Waals surface area contributed by atoms with Crippen molar-refractivity contribution in [2.24, 2.45) is 0 Å². The third kappa shape index (κ3) is 2.48. The fraction of sp³-hybridized carbons (Fsp3) is 0.300. The molecule has 0 radical (unpaired) electrons. The third-order valence-corrected chi connectivity index (χ3v) is 3.08. The molecule has 0 aliphatic rings. The first-order valence-electron chi connectivity index (χ1n) is 4.21. The molecule has 0 heterocycles. The SMILES string of the molecule is CNC(=O)Oc1cc(C)c(Br)c(C)c1. The summed E-state index contributed by atoms with van der Waals surface area (Å²) < 4.78 is 6.05. The van der Waals surface area contributed by atoms with Crippen LogP contribution in [0.2, 0.25) is 0 Å². The van der Waals surface area contributed by atoms with Gasteiger partial charge in [0.15, 0.2) is 0 Å². The molecule has 1 rings (SSSR count). The number of halogens is 1. The normalized spacial score (nSPS) is 9.71. The summed E-state index contributed by atoms with van der Waals surface area (Å²) in [6, 6.07) is 3.62. The van der Waals surface area contributed by atoms with Crippen molar-refractivity contribution in [3.8, 4) is 5.75 Å². The first-order valence-corrected chi connectivity index (χ1v) is 5.00. The van der Waals surface area contributed by atoms with E-state index in [1.165, 1.54) is 7.05 Å². The minimum atomic E-state index is -0.453. The van der Waals surface area contributed by atoms with Crippen molar-refractivity contribution in [2.75, 3.05) is 7.05 Å². The van der Waals surface area contributed by atoms with Crippen molar-refractivity contribution >= 4 is 22.0 Å². The maximum absolute atomic E-state index is 10.9. The zero-order valence-corrected chi connectivity index (χ0v) is 9.94. The summed E-state index contributed by atoms with van der Waals surface area (Å²) in [5, 5.41) is 2.39. The molecule has 0 bridgehead atoms. The van der Waals surface area contributed by atoms with Gasteiger partial charge < -0.3 is 10.1 Å². The summed E-state index contributed by atoms with van der Waals surface area (Å²) in [4.78, 5) is 10.9. The second-order valence-electron chi connectivity index (χ2n) is 3.01. The van der Waals surface area contributed by atoms with Crippen LogP contribution < -0.4 is 10.1 Å². The monoisotopic (exact) mass is 257 g/mol. The zero-order valence-electron chi connectivity index (χ0n) is 8.35. The molecule has 0 saturated carbocycles. The van der Waals surface area contributed by atoms with Crippen LogP contribution in [0.4, 0.5) is 4.79 Å². The van der Waals surface area contributed by atoms with Crippen molar-refractivity contribution in [1.29, 1.82) is 0 Å². The van der Waals surface area contributed by atoms with Crippen LogP contribution in [-0.2, 0) is 0 Å². The van der Waals surface area contributed by atoms with Gasteiger partial charge in [0.05, 0.1) is 0 Å². The van der Waals surface area contributed by atoms with E-state index in [1.54, 1.807) is 0 Å². The molecule has 1 aromatic carbocycles. The second kappa shape index (κ2) is 4.46. The Hall–Kier alpha value is -1.03. The van der Waals surface area contributed by atoms with E-state index in [1.807, 2.05) is 26.0 Å². The second-order valence-corrected chi connectivity index (χ2v) is 3.80. The Morgan fingerprint density at radius 2 is 1.86 bits per heavy atom. The topological polar surface area (TPSA) is 38.3 Å². The van der Waals surface area contributed by atoms with Crippen molar-refractivity contribution in [3.63, 3.8) is 0 Å². The molecule has 0 fully saturated rings. The largest absolute Gasteiger partial charge is 0.412 e. The van der Waals surface area contributed by atoms with E-state index in [0.717, 1.165) is 15.6 Å². The van der Waals surface area contributed by atoms with Gasteiger partial charge in [-0.1, -0.05) is 15.9 Å². The number of amides is 1. The number of carbonyl (C=O) groups excluding carboxylic acids is 1. The number of ether oxygens (including phenoxy) is 1. The van der Waals surface area contributed by atoms with Gasteiger partial charge in [-0.25, -0.2) is 4.79 Å². The van der Waals surface area contributed by atoms with Crippen LogP contribution in [-0.4, -0.2) is 13.1 Å². The van der Waals surface area contributed by atoms with Crippen LogP contribution in [0.3, 0.4) is 0 Å². The van der Waals surface area contributed by atoms with Crippen molar-refractivity contribution in [2.45, 2.75) is 13.8 Å². The molecule has 0 atom stereocenters. The highest BCUT2D eigenvalue weighted by molar-refractivity contribution is 9.10. The lowest BCUT2D eigenvalue weighted by molar-refractivity contribution is 0.203. The molecule has 0 aliphatic carbocycles. The van der Waals surface area contributed by atoms with E-state index in [0.29, 0.717) is 5.75 Å². The molecule has 0 aromatic heterocycles. The zero-order chi connectivity index (χ0) is 10.7. The minimum Gasteiger partial charge on any atom is -0.410 e. The van der Waals surface area contributed by atoms with Crippen molar-refractivity contribution in [1.82, 2.24) is 5.32 Å². The van der Waals surface area contributed by atoms with Gasteiger partial charge in [0.2, 0.25) is 0 Å². The van der Waals surface area contributed by atoms with E-state index < -0.39 is 6.09 Å². The van der Waals surface area contributed by atoms with Gasteiger partial charge in [-0.2, -0.15) is 0 Å². The van der Waals surface area contributed by atoms with Crippen LogP contribution in [0.1, 0.15) is 11.1 Å². The lowest BCUT2D eigenvalue weighted by atomic mass is 10.1. The van der Waals surface area contributed by atoms with Crippen molar-refractivity contribution < 1.29 is 9.53 Å². The molecule has 0 spiro atoms. The molecule has 3 nitrogen and oxygen atoms in total. The maximum Gasteiger partial charge on any atom is 0.412 e. The smallest absolute Gasteiger partial charge is 0.410 e. The van der Waals surface area contributed by atoms with Crippen LogP contribution in [0.25, 0.3) is 0 Å². The fourth-order valence-electron chi connectivity index (χ4n) is 1.12. The number of carbonyl (C=O) groups is 1. The van der Waals surface area contributed by atoms with E-state index >= 15 is 0 Å². The quantitative estimate of drug-likeness (QED) is 0.841. The first kappa shape index (κ1) is 11.0. The molecule has 1 amide bonds. The molecule has 76 valence electrons. The summed E-state index contributed by atoms with van der Waals surface area (Å²) in [7, 11) is 1.53. The van der Waals surface area contributed by atoms with Gasteiger partial charge in [0.25, 0.3) is 0 Å². The highest BCUT2D eigenvalue weighted by Crippen LogP contribution is 2.26.